The van der Waals surface area contributed by atoms with Crippen LogP contribution in [0, 0.1) is 0 Å². The second-order valence-electron chi connectivity index (χ2n) is 3.61. The Hall–Kier alpha value is -1.18. The van der Waals surface area contributed by atoms with E-state index in [0.29, 0.717) is 32.7 Å². The summed E-state index contributed by atoms with van der Waals surface area (Å²) in [5, 5.41) is 8.39. The van der Waals surface area contributed by atoms with Crippen LogP contribution in [0.25, 0.3) is 0 Å². The number of hydrogen-bond donors (Lipinski definition) is 1. The molecule has 7 heteroatoms. The van der Waals surface area contributed by atoms with Crippen molar-refractivity contribution in [1.29, 1.82) is 0 Å². The number of carbonyl (C=O) groups is 2. The second kappa shape index (κ2) is 10.9. The summed E-state index contributed by atoms with van der Waals surface area (Å²) >= 11 is 0. The summed E-state index contributed by atoms with van der Waals surface area (Å²) < 4.78 is 14.6. The smallest absolute Gasteiger partial charge is 0.329 e. The second-order valence-corrected chi connectivity index (χ2v) is 3.61. The van der Waals surface area contributed by atoms with Gasteiger partial charge in [0.2, 0.25) is 5.91 Å². The Balaban J connectivity index is 4.00. The van der Waals surface area contributed by atoms with Crippen molar-refractivity contribution in [3.8, 4) is 0 Å². The molecule has 18 heavy (non-hydrogen) atoms. The standard InChI is InChI=1S/C11H21NO6/c1-16-6-3-4-12(5-7-17-2)10(13)8-18-9-11(14)15/h3-9H2,1-2H3,(H,14,15). The van der Waals surface area contributed by atoms with Crippen molar-refractivity contribution in [2.75, 3.05) is 53.7 Å². The lowest BCUT2D eigenvalue weighted by Gasteiger charge is -2.22. The van der Waals surface area contributed by atoms with Crippen molar-refractivity contribution in [1.82, 2.24) is 4.90 Å². The van der Waals surface area contributed by atoms with Crippen LogP contribution in [0.2, 0.25) is 0 Å². The lowest BCUT2D eigenvalue weighted by Crippen LogP contribution is -2.38. The van der Waals surface area contributed by atoms with Crippen molar-refractivity contribution < 1.29 is 28.9 Å². The van der Waals surface area contributed by atoms with E-state index in [0.717, 1.165) is 0 Å². The summed E-state index contributed by atoms with van der Waals surface area (Å²) in [5.41, 5.74) is 0. The monoisotopic (exact) mass is 263 g/mol. The van der Waals surface area contributed by atoms with Gasteiger partial charge in [0.1, 0.15) is 13.2 Å². The Labute approximate surface area is 107 Å². The maximum Gasteiger partial charge on any atom is 0.329 e. The van der Waals surface area contributed by atoms with Gasteiger partial charge in [0, 0.05) is 33.9 Å². The van der Waals surface area contributed by atoms with Gasteiger partial charge in [-0.3, -0.25) is 4.79 Å². The van der Waals surface area contributed by atoms with Crippen molar-refractivity contribution >= 4 is 11.9 Å². The van der Waals surface area contributed by atoms with Gasteiger partial charge in [0.15, 0.2) is 0 Å². The van der Waals surface area contributed by atoms with Crippen LogP contribution in [0.1, 0.15) is 6.42 Å². The van der Waals surface area contributed by atoms with Crippen LogP contribution in [0.3, 0.4) is 0 Å². The predicted molar refractivity (Wildman–Crippen MR) is 63.4 cm³/mol. The van der Waals surface area contributed by atoms with Gasteiger partial charge >= 0.3 is 5.97 Å². The molecule has 106 valence electrons. The van der Waals surface area contributed by atoms with Gasteiger partial charge in [-0.2, -0.15) is 0 Å². The van der Waals surface area contributed by atoms with E-state index in [1.54, 1.807) is 19.1 Å². The number of hydrogen-bond acceptors (Lipinski definition) is 5. The first-order valence-corrected chi connectivity index (χ1v) is 5.67. The third kappa shape index (κ3) is 8.91. The molecule has 1 amide bonds. The molecule has 0 aromatic heterocycles. The molecule has 0 aromatic rings. The Morgan fingerprint density at radius 2 is 1.72 bits per heavy atom. The van der Waals surface area contributed by atoms with Gasteiger partial charge in [-0.15, -0.1) is 0 Å². The third-order valence-electron chi connectivity index (χ3n) is 2.15. The first-order valence-electron chi connectivity index (χ1n) is 5.67. The summed E-state index contributed by atoms with van der Waals surface area (Å²) in [4.78, 5) is 23.6. The molecule has 0 spiro atoms. The first kappa shape index (κ1) is 16.8. The molecule has 0 rings (SSSR count). The van der Waals surface area contributed by atoms with Gasteiger partial charge in [-0.1, -0.05) is 0 Å². The van der Waals surface area contributed by atoms with Crippen LogP contribution in [0.4, 0.5) is 0 Å². The zero-order valence-corrected chi connectivity index (χ0v) is 10.9. The minimum atomic E-state index is -1.09. The number of nitrogens with zero attached hydrogens (tertiary/aromatic N) is 1. The topological polar surface area (TPSA) is 85.3 Å². The summed E-state index contributed by atoms with van der Waals surface area (Å²) in [5.74, 6) is -1.34. The number of ether oxygens (including phenoxy) is 3. The molecular weight excluding hydrogens is 242 g/mol. The molecule has 0 unspecified atom stereocenters. The molecule has 0 bridgehead atoms. The molecule has 0 fully saturated rings. The molecule has 0 saturated carbocycles. The number of rotatable bonds is 11. The van der Waals surface area contributed by atoms with E-state index in [2.05, 4.69) is 0 Å². The quantitative estimate of drug-likeness (QED) is 0.510. The summed E-state index contributed by atoms with van der Waals surface area (Å²) in [6, 6.07) is 0. The molecule has 0 aliphatic heterocycles. The fourth-order valence-electron chi connectivity index (χ4n) is 1.28. The Bertz CT molecular complexity index is 246. The fourth-order valence-corrected chi connectivity index (χ4v) is 1.28. The van der Waals surface area contributed by atoms with E-state index in [4.69, 9.17) is 19.3 Å². The Kier molecular flexibility index (Phi) is 10.2. The average molecular weight is 263 g/mol. The van der Waals surface area contributed by atoms with E-state index < -0.39 is 12.6 Å². The van der Waals surface area contributed by atoms with Gasteiger partial charge in [0.25, 0.3) is 0 Å². The molecule has 0 atom stereocenters. The largest absolute Gasteiger partial charge is 0.480 e. The van der Waals surface area contributed by atoms with Gasteiger partial charge in [-0.25, -0.2) is 4.79 Å². The number of methoxy groups -OCH3 is 2. The average Bonchev–Trinajstić information content (AvgIpc) is 2.33. The molecule has 1 N–H and O–H groups in total. The minimum Gasteiger partial charge on any atom is -0.480 e. The van der Waals surface area contributed by atoms with E-state index in [1.165, 1.54) is 0 Å². The molecular formula is C11H21NO6. The molecule has 0 radical (unpaired) electrons. The maximum atomic E-state index is 11.7. The highest BCUT2D eigenvalue weighted by atomic mass is 16.5. The molecule has 0 aromatic carbocycles. The number of carboxylic acids is 1. The highest BCUT2D eigenvalue weighted by Gasteiger charge is 2.13. The van der Waals surface area contributed by atoms with Crippen LogP contribution in [0.15, 0.2) is 0 Å². The SMILES string of the molecule is COCCCN(CCOC)C(=O)COCC(=O)O. The number of aliphatic carboxylic acids is 1. The van der Waals surface area contributed by atoms with Crippen LogP contribution < -0.4 is 0 Å². The number of carboxylic acid groups (broad SMARTS) is 1. The molecule has 0 aliphatic rings. The molecule has 0 heterocycles. The molecule has 0 saturated heterocycles. The van der Waals surface area contributed by atoms with Crippen molar-refractivity contribution in [3.05, 3.63) is 0 Å². The van der Waals surface area contributed by atoms with E-state index >= 15 is 0 Å². The number of carbonyl (C=O) groups excluding carboxylic acids is 1. The van der Waals surface area contributed by atoms with Gasteiger partial charge < -0.3 is 24.2 Å². The highest BCUT2D eigenvalue weighted by molar-refractivity contribution is 5.78. The van der Waals surface area contributed by atoms with E-state index in [-0.39, 0.29) is 12.5 Å². The summed E-state index contributed by atoms with van der Waals surface area (Å²) in [6.45, 7) is 1.28. The number of amides is 1. The zero-order chi connectivity index (χ0) is 13.8. The van der Waals surface area contributed by atoms with E-state index in [1.807, 2.05) is 0 Å². The lowest BCUT2D eigenvalue weighted by molar-refractivity contribution is -0.146. The van der Waals surface area contributed by atoms with Crippen LogP contribution in [-0.4, -0.2) is 75.6 Å². The highest BCUT2D eigenvalue weighted by Crippen LogP contribution is 1.95. The Morgan fingerprint density at radius 3 is 2.28 bits per heavy atom. The van der Waals surface area contributed by atoms with Crippen molar-refractivity contribution in [2.24, 2.45) is 0 Å². The van der Waals surface area contributed by atoms with Crippen LogP contribution >= 0.6 is 0 Å². The summed E-state index contributed by atoms with van der Waals surface area (Å²) in [6.07, 6.45) is 0.713. The van der Waals surface area contributed by atoms with Crippen molar-refractivity contribution in [3.63, 3.8) is 0 Å². The summed E-state index contributed by atoms with van der Waals surface area (Å²) in [7, 11) is 3.15. The van der Waals surface area contributed by atoms with Gasteiger partial charge in [0.05, 0.1) is 6.61 Å². The predicted octanol–water partition coefficient (Wildman–Crippen LogP) is -0.401. The Morgan fingerprint density at radius 1 is 1.06 bits per heavy atom. The van der Waals surface area contributed by atoms with Gasteiger partial charge in [-0.05, 0) is 6.42 Å². The molecule has 7 nitrogen and oxygen atoms in total. The third-order valence-corrected chi connectivity index (χ3v) is 2.15. The van der Waals surface area contributed by atoms with Crippen molar-refractivity contribution in [2.45, 2.75) is 6.42 Å². The van der Waals surface area contributed by atoms with Crippen LogP contribution in [0.5, 0.6) is 0 Å². The zero-order valence-electron chi connectivity index (χ0n) is 10.9. The fraction of sp³-hybridized carbons (Fsp3) is 0.818. The lowest BCUT2D eigenvalue weighted by atomic mass is 10.3. The van der Waals surface area contributed by atoms with E-state index in [9.17, 15) is 9.59 Å². The minimum absolute atomic E-state index is 0.233. The molecule has 0 aliphatic carbocycles. The maximum absolute atomic E-state index is 11.7. The van der Waals surface area contributed by atoms with Crippen LogP contribution in [-0.2, 0) is 23.8 Å². The normalized spacial score (nSPS) is 10.3. The first-order chi connectivity index (χ1) is 8.61.